The summed E-state index contributed by atoms with van der Waals surface area (Å²) in [6, 6.07) is 14.8. The summed E-state index contributed by atoms with van der Waals surface area (Å²) in [4.78, 5) is 39.1. The number of hydrogen-bond donors (Lipinski definition) is 3. The van der Waals surface area contributed by atoms with Crippen LogP contribution in [0.2, 0.25) is 0 Å². The van der Waals surface area contributed by atoms with Crippen molar-refractivity contribution in [2.45, 2.75) is 45.2 Å². The van der Waals surface area contributed by atoms with Crippen LogP contribution in [0.1, 0.15) is 63.6 Å². The van der Waals surface area contributed by atoms with Crippen LogP contribution in [0.3, 0.4) is 0 Å². The summed E-state index contributed by atoms with van der Waals surface area (Å²) in [7, 11) is 3.52. The number of anilines is 1. The van der Waals surface area contributed by atoms with E-state index in [1.54, 1.807) is 29.7 Å². The molecule has 3 aromatic rings. The van der Waals surface area contributed by atoms with Crippen molar-refractivity contribution in [2.24, 2.45) is 11.7 Å². The third-order valence-electron chi connectivity index (χ3n) is 7.05. The van der Waals surface area contributed by atoms with Crippen LogP contribution in [0.5, 0.6) is 0 Å². The molecule has 1 heterocycles. The third kappa shape index (κ3) is 5.50. The van der Waals surface area contributed by atoms with Crippen molar-refractivity contribution in [3.8, 4) is 11.3 Å². The fourth-order valence-corrected chi connectivity index (χ4v) is 5.03. The lowest BCUT2D eigenvalue weighted by molar-refractivity contribution is -0.134. The topological polar surface area (TPSA) is 136 Å². The van der Waals surface area contributed by atoms with Crippen LogP contribution < -0.4 is 16.8 Å². The van der Waals surface area contributed by atoms with Gasteiger partial charge in [0, 0.05) is 37.7 Å². The lowest BCUT2D eigenvalue weighted by Crippen LogP contribution is -2.34. The van der Waals surface area contributed by atoms with E-state index in [1.165, 1.54) is 0 Å². The highest BCUT2D eigenvalue weighted by Gasteiger charge is 2.32. The van der Waals surface area contributed by atoms with Gasteiger partial charge in [-0.25, -0.2) is 4.68 Å². The maximum Gasteiger partial charge on any atom is 0.254 e. The van der Waals surface area contributed by atoms with E-state index in [0.717, 1.165) is 30.4 Å². The number of carbonyl (C=O) groups excluding carboxylic acids is 3. The number of nitrogens with two attached hydrogens (primary N) is 2. The molecule has 2 aromatic carbocycles. The monoisotopic (exact) mass is 502 g/mol. The number of nitrogens with one attached hydrogen (secondary N) is 1. The van der Waals surface area contributed by atoms with E-state index in [0.29, 0.717) is 29.8 Å². The Morgan fingerprint density at radius 3 is 2.43 bits per heavy atom. The van der Waals surface area contributed by atoms with Crippen LogP contribution in [0, 0.1) is 12.8 Å². The first-order valence-electron chi connectivity index (χ1n) is 12.5. The van der Waals surface area contributed by atoms with E-state index >= 15 is 0 Å². The predicted molar refractivity (Wildman–Crippen MR) is 143 cm³/mol. The zero-order valence-electron chi connectivity index (χ0n) is 21.5. The van der Waals surface area contributed by atoms with Crippen LogP contribution in [0.25, 0.3) is 11.3 Å². The van der Waals surface area contributed by atoms with Gasteiger partial charge in [-0.05, 0) is 43.4 Å². The molecule has 2 unspecified atom stereocenters. The molecule has 0 bridgehead atoms. The molecule has 1 saturated carbocycles. The van der Waals surface area contributed by atoms with E-state index in [4.69, 9.17) is 16.6 Å². The normalized spacial score (nSPS) is 17.3. The molecule has 37 heavy (non-hydrogen) atoms. The van der Waals surface area contributed by atoms with Crippen LogP contribution in [-0.2, 0) is 11.3 Å². The highest BCUT2D eigenvalue weighted by atomic mass is 16.2. The van der Waals surface area contributed by atoms with E-state index < -0.39 is 5.91 Å². The number of nitrogens with zero attached hydrogens (tertiary/aromatic N) is 3. The van der Waals surface area contributed by atoms with Crippen molar-refractivity contribution in [1.82, 2.24) is 20.0 Å². The summed E-state index contributed by atoms with van der Waals surface area (Å²) >= 11 is 0. The van der Waals surface area contributed by atoms with Gasteiger partial charge in [0.1, 0.15) is 17.1 Å². The Labute approximate surface area is 216 Å². The lowest BCUT2D eigenvalue weighted by atomic mass is 9.85. The summed E-state index contributed by atoms with van der Waals surface area (Å²) in [5.41, 5.74) is 15.9. The molecule has 1 fully saturated rings. The highest BCUT2D eigenvalue weighted by Crippen LogP contribution is 2.37. The Bertz CT molecular complexity index is 1310. The van der Waals surface area contributed by atoms with E-state index in [-0.39, 0.29) is 35.2 Å². The number of aromatic nitrogens is 2. The number of hydrogen-bond acceptors (Lipinski definition) is 5. The fourth-order valence-electron chi connectivity index (χ4n) is 5.03. The molecule has 5 N–H and O–H groups in total. The standard InChI is InChI=1S/C28H34N6O3/c1-17-7-4-5-10-22(17)27(36)31-16-18-11-13-19(14-12-18)24-23(26(30)35)25(29)34(32-24)21-9-6-8-20(15-21)28(37)33(2)3/h4-5,7,10-14,20-21H,6,8-9,15-16,29H2,1-3H3,(H2,30,35)(H,31,36). The maximum atomic E-state index is 12.6. The molecule has 0 aliphatic heterocycles. The second kappa shape index (κ2) is 10.9. The van der Waals surface area contributed by atoms with Crippen LogP contribution >= 0.6 is 0 Å². The molecule has 4 rings (SSSR count). The molecule has 3 amide bonds. The van der Waals surface area contributed by atoms with Gasteiger partial charge in [-0.15, -0.1) is 0 Å². The van der Waals surface area contributed by atoms with Crippen molar-refractivity contribution in [2.75, 3.05) is 19.8 Å². The summed E-state index contributed by atoms with van der Waals surface area (Å²) < 4.78 is 1.67. The molecule has 9 heteroatoms. The van der Waals surface area contributed by atoms with Gasteiger partial charge in [0.25, 0.3) is 11.8 Å². The minimum absolute atomic E-state index is 0.0922. The second-order valence-corrected chi connectivity index (χ2v) is 9.86. The molecule has 9 nitrogen and oxygen atoms in total. The molecule has 0 radical (unpaired) electrons. The van der Waals surface area contributed by atoms with Gasteiger partial charge >= 0.3 is 0 Å². The van der Waals surface area contributed by atoms with Crippen molar-refractivity contribution < 1.29 is 14.4 Å². The van der Waals surface area contributed by atoms with Crippen LogP contribution in [0.4, 0.5) is 5.82 Å². The van der Waals surface area contributed by atoms with Crippen molar-refractivity contribution in [1.29, 1.82) is 0 Å². The Balaban J connectivity index is 1.53. The highest BCUT2D eigenvalue weighted by molar-refractivity contribution is 6.03. The Kier molecular flexibility index (Phi) is 7.61. The third-order valence-corrected chi connectivity index (χ3v) is 7.05. The molecule has 2 atom stereocenters. The van der Waals surface area contributed by atoms with Crippen molar-refractivity contribution >= 4 is 23.5 Å². The molecule has 0 spiro atoms. The van der Waals surface area contributed by atoms with E-state index in [2.05, 4.69) is 5.32 Å². The number of primary amides is 1. The molecule has 194 valence electrons. The van der Waals surface area contributed by atoms with E-state index in [1.807, 2.05) is 49.4 Å². The molecular weight excluding hydrogens is 468 g/mol. The van der Waals surface area contributed by atoms with Crippen LogP contribution in [-0.4, -0.2) is 46.5 Å². The van der Waals surface area contributed by atoms with Crippen LogP contribution in [0.15, 0.2) is 48.5 Å². The minimum Gasteiger partial charge on any atom is -0.383 e. The smallest absolute Gasteiger partial charge is 0.254 e. The number of carbonyl (C=O) groups is 3. The van der Waals surface area contributed by atoms with Gasteiger partial charge in [-0.2, -0.15) is 5.10 Å². The predicted octanol–water partition coefficient (Wildman–Crippen LogP) is 3.29. The minimum atomic E-state index is -0.648. The second-order valence-electron chi connectivity index (χ2n) is 9.86. The van der Waals surface area contributed by atoms with Gasteiger partial charge < -0.3 is 21.7 Å². The first-order valence-corrected chi connectivity index (χ1v) is 12.5. The van der Waals surface area contributed by atoms with Crippen molar-refractivity contribution in [3.63, 3.8) is 0 Å². The first-order chi connectivity index (χ1) is 17.7. The van der Waals surface area contributed by atoms with Gasteiger partial charge in [-0.3, -0.25) is 14.4 Å². The number of benzene rings is 2. The van der Waals surface area contributed by atoms with E-state index in [9.17, 15) is 14.4 Å². The summed E-state index contributed by atoms with van der Waals surface area (Å²) in [5.74, 6) is -0.573. The van der Waals surface area contributed by atoms with Gasteiger partial charge in [0.2, 0.25) is 5.91 Å². The maximum absolute atomic E-state index is 12.6. The Morgan fingerprint density at radius 2 is 1.78 bits per heavy atom. The average molecular weight is 503 g/mol. The SMILES string of the molecule is Cc1ccccc1C(=O)NCc1ccc(-c2nn(C3CCCC(C(=O)N(C)C)C3)c(N)c2C(N)=O)cc1. The number of rotatable bonds is 7. The lowest BCUT2D eigenvalue weighted by Gasteiger charge is -2.30. The molecular formula is C28H34N6O3. The average Bonchev–Trinajstić information content (AvgIpc) is 3.24. The number of aryl methyl sites for hydroxylation is 1. The number of amides is 3. The zero-order chi connectivity index (χ0) is 26.7. The molecule has 0 saturated heterocycles. The summed E-state index contributed by atoms with van der Waals surface area (Å²) in [6.07, 6.45) is 3.13. The zero-order valence-corrected chi connectivity index (χ0v) is 21.5. The first kappa shape index (κ1) is 25.9. The summed E-state index contributed by atoms with van der Waals surface area (Å²) in [5, 5.41) is 7.65. The quantitative estimate of drug-likeness (QED) is 0.455. The molecule has 1 aliphatic rings. The number of nitrogen functional groups attached to an aromatic ring is 1. The molecule has 1 aliphatic carbocycles. The van der Waals surface area contributed by atoms with Gasteiger partial charge in [0.15, 0.2) is 0 Å². The van der Waals surface area contributed by atoms with Gasteiger partial charge in [-0.1, -0.05) is 48.9 Å². The summed E-state index contributed by atoms with van der Waals surface area (Å²) in [6.45, 7) is 2.26. The Morgan fingerprint density at radius 1 is 1.08 bits per heavy atom. The molecule has 1 aromatic heterocycles. The fraction of sp³-hybridized carbons (Fsp3) is 0.357. The largest absolute Gasteiger partial charge is 0.383 e. The van der Waals surface area contributed by atoms with Crippen molar-refractivity contribution in [3.05, 3.63) is 70.8 Å². The Hall–Kier alpha value is -4.14. The van der Waals surface area contributed by atoms with Gasteiger partial charge in [0.05, 0.1) is 6.04 Å².